The topological polar surface area (TPSA) is 68.6 Å². The van der Waals surface area contributed by atoms with Crippen LogP contribution < -0.4 is 15.0 Å². The molecule has 1 aliphatic heterocycles. The van der Waals surface area contributed by atoms with Gasteiger partial charge in [0.05, 0.1) is 23.7 Å². The molecule has 0 saturated carbocycles. The highest BCUT2D eigenvalue weighted by molar-refractivity contribution is 6.32. The summed E-state index contributed by atoms with van der Waals surface area (Å²) < 4.78 is 5.21. The number of piperazine rings is 1. The largest absolute Gasteiger partial charge is 0.497 e. The Balaban J connectivity index is 1.55. The Morgan fingerprint density at radius 3 is 2.43 bits per heavy atom. The molecule has 1 atom stereocenters. The molecule has 146 valence electrons. The number of halogens is 1. The minimum Gasteiger partial charge on any atom is -0.497 e. The van der Waals surface area contributed by atoms with E-state index in [-0.39, 0.29) is 11.9 Å². The molecule has 0 radical (unpaired) electrons. The number of hydrogen-bond acceptors (Lipinski definition) is 5. The molecule has 0 aromatic heterocycles. The Kier molecular flexibility index (Phi) is 6.40. The minimum absolute atomic E-state index is 0.0846. The van der Waals surface area contributed by atoms with Crippen LogP contribution >= 0.6 is 11.6 Å². The molecule has 1 saturated heterocycles. The maximum atomic E-state index is 12.6. The Labute approximate surface area is 170 Å². The van der Waals surface area contributed by atoms with E-state index in [1.165, 1.54) is 0 Å². The first-order valence-electron chi connectivity index (χ1n) is 9.15. The smallest absolute Gasteiger partial charge is 0.241 e. The van der Waals surface area contributed by atoms with Crippen LogP contribution in [0.5, 0.6) is 5.75 Å². The van der Waals surface area contributed by atoms with Crippen LogP contribution in [0.15, 0.2) is 42.5 Å². The van der Waals surface area contributed by atoms with Crippen LogP contribution in [0.4, 0.5) is 11.4 Å². The fourth-order valence-electron chi connectivity index (χ4n) is 3.26. The van der Waals surface area contributed by atoms with Gasteiger partial charge in [0, 0.05) is 37.6 Å². The highest BCUT2D eigenvalue weighted by Gasteiger charge is 2.26. The van der Waals surface area contributed by atoms with Gasteiger partial charge in [0.25, 0.3) is 0 Å². The Hall–Kier alpha value is -2.75. The summed E-state index contributed by atoms with van der Waals surface area (Å²) in [6, 6.07) is 14.7. The van der Waals surface area contributed by atoms with Crippen LogP contribution in [0.3, 0.4) is 0 Å². The molecule has 1 amide bonds. The summed E-state index contributed by atoms with van der Waals surface area (Å²) in [5.41, 5.74) is 2.14. The fourth-order valence-corrected chi connectivity index (χ4v) is 3.48. The van der Waals surface area contributed by atoms with Crippen LogP contribution in [0.25, 0.3) is 0 Å². The van der Waals surface area contributed by atoms with Crippen LogP contribution in [-0.2, 0) is 4.79 Å². The van der Waals surface area contributed by atoms with Crippen LogP contribution in [-0.4, -0.2) is 50.1 Å². The van der Waals surface area contributed by atoms with E-state index in [9.17, 15) is 4.79 Å². The second-order valence-electron chi connectivity index (χ2n) is 6.69. The molecule has 7 heteroatoms. The first kappa shape index (κ1) is 20.0. The molecule has 2 aromatic carbocycles. The van der Waals surface area contributed by atoms with Gasteiger partial charge in [-0.25, -0.2) is 0 Å². The summed E-state index contributed by atoms with van der Waals surface area (Å²) in [6.45, 7) is 5.21. The lowest BCUT2D eigenvalue weighted by Gasteiger charge is -2.38. The molecule has 1 N–H and O–H groups in total. The fraction of sp³-hybridized carbons (Fsp3) is 0.333. The molecule has 1 aliphatic rings. The van der Waals surface area contributed by atoms with Crippen LogP contribution in [0.2, 0.25) is 5.02 Å². The average molecular weight is 399 g/mol. The van der Waals surface area contributed by atoms with Crippen molar-refractivity contribution in [1.82, 2.24) is 4.90 Å². The zero-order chi connectivity index (χ0) is 20.1. The van der Waals surface area contributed by atoms with E-state index in [1.54, 1.807) is 25.3 Å². The van der Waals surface area contributed by atoms with Crippen molar-refractivity contribution in [3.05, 3.63) is 53.1 Å². The summed E-state index contributed by atoms with van der Waals surface area (Å²) in [6.07, 6.45) is 0. The Bertz CT molecular complexity index is 871. The number of anilines is 2. The van der Waals surface area contributed by atoms with Crippen molar-refractivity contribution >= 4 is 28.9 Å². The first-order chi connectivity index (χ1) is 13.5. The third-order valence-electron chi connectivity index (χ3n) is 5.04. The highest BCUT2D eigenvalue weighted by atomic mass is 35.5. The van der Waals surface area contributed by atoms with Crippen molar-refractivity contribution in [2.75, 3.05) is 43.5 Å². The van der Waals surface area contributed by atoms with Crippen molar-refractivity contribution in [2.45, 2.75) is 13.0 Å². The maximum absolute atomic E-state index is 12.6. The number of nitrogens with zero attached hydrogens (tertiary/aromatic N) is 3. The number of nitrogens with one attached hydrogen (secondary N) is 1. The van der Waals surface area contributed by atoms with Crippen LogP contribution in [0.1, 0.15) is 12.5 Å². The molecule has 0 unspecified atom stereocenters. The van der Waals surface area contributed by atoms with Crippen LogP contribution in [0, 0.1) is 11.3 Å². The summed E-state index contributed by atoms with van der Waals surface area (Å²) in [4.78, 5) is 17.1. The van der Waals surface area contributed by atoms with E-state index in [4.69, 9.17) is 21.6 Å². The summed E-state index contributed by atoms with van der Waals surface area (Å²) in [5.74, 6) is 0.759. The summed E-state index contributed by atoms with van der Waals surface area (Å²) in [7, 11) is 1.66. The Morgan fingerprint density at radius 1 is 1.18 bits per heavy atom. The van der Waals surface area contributed by atoms with Gasteiger partial charge in [-0.3, -0.25) is 9.69 Å². The summed E-state index contributed by atoms with van der Waals surface area (Å²) >= 11 is 6.04. The molecule has 0 spiro atoms. The lowest BCUT2D eigenvalue weighted by Crippen LogP contribution is -2.52. The maximum Gasteiger partial charge on any atom is 0.241 e. The standard InChI is InChI=1S/C21H23ClN4O2/c1-15(21(27)24-17-4-3-16(14-23)20(22)13-17)25-9-11-26(12-10-25)18-5-7-19(28-2)8-6-18/h3-8,13,15H,9-12H2,1-2H3,(H,24,27)/t15-/m1/s1. The van der Waals surface area contributed by atoms with Gasteiger partial charge in [0.2, 0.25) is 5.91 Å². The zero-order valence-corrected chi connectivity index (χ0v) is 16.7. The molecule has 1 fully saturated rings. The number of hydrogen-bond donors (Lipinski definition) is 1. The SMILES string of the molecule is COc1ccc(N2CCN([C@H](C)C(=O)Nc3ccc(C#N)c(Cl)c3)CC2)cc1. The van der Waals surface area contributed by atoms with Gasteiger partial charge in [-0.15, -0.1) is 0 Å². The van der Waals surface area contributed by atoms with Gasteiger partial charge in [0.1, 0.15) is 11.8 Å². The van der Waals surface area contributed by atoms with E-state index >= 15 is 0 Å². The third-order valence-corrected chi connectivity index (χ3v) is 5.35. The van der Waals surface area contributed by atoms with E-state index in [2.05, 4.69) is 27.2 Å². The van der Waals surface area contributed by atoms with Gasteiger partial charge in [0.15, 0.2) is 0 Å². The molecule has 28 heavy (non-hydrogen) atoms. The predicted octanol–water partition coefficient (Wildman–Crippen LogP) is 3.37. The lowest BCUT2D eigenvalue weighted by atomic mass is 10.1. The van der Waals surface area contributed by atoms with Gasteiger partial charge >= 0.3 is 0 Å². The zero-order valence-electron chi connectivity index (χ0n) is 16.0. The van der Waals surface area contributed by atoms with Gasteiger partial charge in [-0.2, -0.15) is 5.26 Å². The van der Waals surface area contributed by atoms with Crippen molar-refractivity contribution < 1.29 is 9.53 Å². The molecule has 1 heterocycles. The van der Waals surface area contributed by atoms with Gasteiger partial charge in [-0.1, -0.05) is 11.6 Å². The number of carbonyl (C=O) groups excluding carboxylic acids is 1. The molecule has 6 nitrogen and oxygen atoms in total. The molecular formula is C21H23ClN4O2. The Morgan fingerprint density at radius 2 is 1.86 bits per heavy atom. The first-order valence-corrected chi connectivity index (χ1v) is 9.53. The van der Waals surface area contributed by atoms with E-state index in [1.807, 2.05) is 25.1 Å². The molecule has 0 aliphatic carbocycles. The minimum atomic E-state index is -0.257. The summed E-state index contributed by atoms with van der Waals surface area (Å²) in [5, 5.41) is 12.2. The molecular weight excluding hydrogens is 376 g/mol. The van der Waals surface area contributed by atoms with Gasteiger partial charge < -0.3 is 15.0 Å². The quantitative estimate of drug-likeness (QED) is 0.836. The van der Waals surface area contributed by atoms with E-state index < -0.39 is 0 Å². The van der Waals surface area contributed by atoms with Crippen molar-refractivity contribution in [1.29, 1.82) is 5.26 Å². The lowest BCUT2D eigenvalue weighted by molar-refractivity contribution is -0.120. The predicted molar refractivity (Wildman–Crippen MR) is 111 cm³/mol. The monoisotopic (exact) mass is 398 g/mol. The second kappa shape index (κ2) is 8.96. The number of methoxy groups -OCH3 is 1. The second-order valence-corrected chi connectivity index (χ2v) is 7.10. The number of ether oxygens (including phenoxy) is 1. The highest BCUT2D eigenvalue weighted by Crippen LogP contribution is 2.22. The molecule has 3 rings (SSSR count). The number of nitriles is 1. The normalized spacial score (nSPS) is 15.6. The van der Waals surface area contributed by atoms with Gasteiger partial charge in [-0.05, 0) is 49.4 Å². The van der Waals surface area contributed by atoms with Crippen molar-refractivity contribution in [3.8, 4) is 11.8 Å². The third kappa shape index (κ3) is 4.56. The van der Waals surface area contributed by atoms with Crippen molar-refractivity contribution in [3.63, 3.8) is 0 Å². The molecule has 2 aromatic rings. The molecule has 0 bridgehead atoms. The number of amides is 1. The number of benzene rings is 2. The van der Waals surface area contributed by atoms with Crippen molar-refractivity contribution in [2.24, 2.45) is 0 Å². The number of rotatable bonds is 5. The average Bonchev–Trinajstić information content (AvgIpc) is 2.73. The van der Waals surface area contributed by atoms with E-state index in [0.717, 1.165) is 37.6 Å². The van der Waals surface area contributed by atoms with E-state index in [0.29, 0.717) is 16.3 Å². The number of carbonyl (C=O) groups is 1.